The van der Waals surface area contributed by atoms with E-state index in [1.165, 1.54) is 0 Å². The third kappa shape index (κ3) is 2.92. The molecule has 0 aliphatic heterocycles. The second-order valence-electron chi connectivity index (χ2n) is 2.66. The minimum absolute atomic E-state index is 0.541. The Morgan fingerprint density at radius 2 is 1.50 bits per heavy atom. The fourth-order valence-electron chi connectivity index (χ4n) is 1.02. The topological polar surface area (TPSA) is 0 Å². The molecule has 0 fully saturated rings. The highest BCUT2D eigenvalue weighted by atomic mass is 32.1. The molecule has 0 radical (unpaired) electrons. The van der Waals surface area contributed by atoms with Crippen LogP contribution in [-0.4, -0.2) is 8.39 Å². The summed E-state index contributed by atoms with van der Waals surface area (Å²) < 4.78 is 1.08. The Morgan fingerprint density at radius 3 is 1.79 bits per heavy atom. The summed E-state index contributed by atoms with van der Waals surface area (Å²) in [5.74, 6) is 0. The van der Waals surface area contributed by atoms with Gasteiger partial charge in [0.1, 0.15) is 0 Å². The molecule has 0 N–H and O–H groups in total. The number of thiocarbonyl (C=S) groups is 2. The SMILES string of the molecule is C=Cc1cc(C(=S)S)cc(C(=S)S)c1. The van der Waals surface area contributed by atoms with E-state index in [1.807, 2.05) is 18.2 Å². The fraction of sp³-hybridized carbons (Fsp3) is 0. The molecule has 1 aromatic carbocycles. The van der Waals surface area contributed by atoms with E-state index in [-0.39, 0.29) is 0 Å². The van der Waals surface area contributed by atoms with E-state index < -0.39 is 0 Å². The van der Waals surface area contributed by atoms with Crippen LogP contribution in [0.15, 0.2) is 24.8 Å². The Hall–Kier alpha value is -0.160. The Balaban J connectivity index is 3.34. The average molecular weight is 256 g/mol. The van der Waals surface area contributed by atoms with Gasteiger partial charge in [0.2, 0.25) is 0 Å². The predicted molar refractivity (Wildman–Crippen MR) is 77.9 cm³/mol. The van der Waals surface area contributed by atoms with E-state index in [0.29, 0.717) is 8.39 Å². The van der Waals surface area contributed by atoms with Crippen LogP contribution in [0, 0.1) is 0 Å². The summed E-state index contributed by atoms with van der Waals surface area (Å²) in [6.07, 6.45) is 1.74. The summed E-state index contributed by atoms with van der Waals surface area (Å²) in [5, 5.41) is 0. The lowest BCUT2D eigenvalue weighted by Gasteiger charge is -2.04. The van der Waals surface area contributed by atoms with Gasteiger partial charge in [-0.05, 0) is 34.9 Å². The van der Waals surface area contributed by atoms with E-state index in [1.54, 1.807) is 6.08 Å². The van der Waals surface area contributed by atoms with Crippen LogP contribution in [0.4, 0.5) is 0 Å². The highest BCUT2D eigenvalue weighted by Gasteiger charge is 2.03. The zero-order valence-corrected chi connectivity index (χ0v) is 10.6. The zero-order chi connectivity index (χ0) is 10.7. The van der Waals surface area contributed by atoms with Gasteiger partial charge < -0.3 is 0 Å². The van der Waals surface area contributed by atoms with Gasteiger partial charge in [-0.2, -0.15) is 0 Å². The number of hydrogen-bond donors (Lipinski definition) is 2. The van der Waals surface area contributed by atoms with Crippen LogP contribution in [0.2, 0.25) is 0 Å². The van der Waals surface area contributed by atoms with Crippen molar-refractivity contribution in [2.24, 2.45) is 0 Å². The molecule has 0 nitrogen and oxygen atoms in total. The smallest absolute Gasteiger partial charge is 0.0748 e. The Morgan fingerprint density at radius 1 is 1.07 bits per heavy atom. The first kappa shape index (κ1) is 11.9. The molecule has 72 valence electrons. The Labute approximate surface area is 105 Å². The van der Waals surface area contributed by atoms with E-state index in [4.69, 9.17) is 24.4 Å². The summed E-state index contributed by atoms with van der Waals surface area (Å²) >= 11 is 18.2. The maximum atomic E-state index is 4.98. The van der Waals surface area contributed by atoms with Gasteiger partial charge in [0.25, 0.3) is 0 Å². The molecule has 4 heteroatoms. The second-order valence-corrected chi connectivity index (χ2v) is 4.97. The van der Waals surface area contributed by atoms with Crippen LogP contribution < -0.4 is 0 Å². The van der Waals surface area contributed by atoms with Gasteiger partial charge in [-0.1, -0.05) is 37.1 Å². The number of thiol groups is 2. The molecule has 0 heterocycles. The molecule has 0 amide bonds. The summed E-state index contributed by atoms with van der Waals surface area (Å²) in [4.78, 5) is 0. The van der Waals surface area contributed by atoms with Crippen molar-refractivity contribution in [2.75, 3.05) is 0 Å². The van der Waals surface area contributed by atoms with Crippen LogP contribution in [0.3, 0.4) is 0 Å². The molecule has 0 aromatic heterocycles. The van der Waals surface area contributed by atoms with E-state index in [9.17, 15) is 0 Å². The van der Waals surface area contributed by atoms with Crippen molar-refractivity contribution in [3.63, 3.8) is 0 Å². The fourth-order valence-corrected chi connectivity index (χ4v) is 1.51. The standard InChI is InChI=1S/C10H8S4/c1-2-6-3-7(9(11)12)5-8(4-6)10(13)14/h2-5H,1H2,(H,11,12)(H,13,14). The first-order valence-electron chi connectivity index (χ1n) is 3.78. The molecule has 0 bridgehead atoms. The Bertz CT molecular complexity index is 374. The number of benzene rings is 1. The van der Waals surface area contributed by atoms with Gasteiger partial charge in [0.15, 0.2) is 0 Å². The molecule has 14 heavy (non-hydrogen) atoms. The summed E-state index contributed by atoms with van der Waals surface area (Å²) in [5.41, 5.74) is 2.70. The maximum Gasteiger partial charge on any atom is 0.0748 e. The highest BCUT2D eigenvalue weighted by molar-refractivity contribution is 8.12. The van der Waals surface area contributed by atoms with Gasteiger partial charge in [-0.15, -0.1) is 25.3 Å². The van der Waals surface area contributed by atoms with Crippen LogP contribution in [0.1, 0.15) is 16.7 Å². The third-order valence-electron chi connectivity index (χ3n) is 1.68. The molecule has 0 spiro atoms. The molecule has 1 aromatic rings. The lowest BCUT2D eigenvalue weighted by molar-refractivity contribution is 1.62. The molecule has 1 rings (SSSR count). The minimum Gasteiger partial charge on any atom is -0.131 e. The molecular formula is C10H8S4. The van der Waals surface area contributed by atoms with Crippen LogP contribution >= 0.6 is 49.7 Å². The maximum absolute atomic E-state index is 4.98. The Kier molecular flexibility index (Phi) is 4.31. The summed E-state index contributed by atoms with van der Waals surface area (Å²) in [6.45, 7) is 3.70. The van der Waals surface area contributed by atoms with Gasteiger partial charge in [0.05, 0.1) is 8.39 Å². The average Bonchev–Trinajstić information content (AvgIpc) is 2.16. The van der Waals surface area contributed by atoms with Gasteiger partial charge in [-0.25, -0.2) is 0 Å². The predicted octanol–water partition coefficient (Wildman–Crippen LogP) is 3.54. The summed E-state index contributed by atoms with van der Waals surface area (Å²) in [6, 6.07) is 5.70. The number of hydrogen-bond acceptors (Lipinski definition) is 2. The third-order valence-corrected chi connectivity index (χ3v) is 2.67. The minimum atomic E-state index is 0.541. The van der Waals surface area contributed by atoms with Crippen LogP contribution in [0.5, 0.6) is 0 Å². The van der Waals surface area contributed by atoms with E-state index in [2.05, 4.69) is 31.8 Å². The zero-order valence-electron chi connectivity index (χ0n) is 7.23. The first-order chi connectivity index (χ1) is 6.54. The van der Waals surface area contributed by atoms with Gasteiger partial charge in [0, 0.05) is 0 Å². The monoisotopic (exact) mass is 256 g/mol. The van der Waals surface area contributed by atoms with Crippen LogP contribution in [0.25, 0.3) is 6.08 Å². The molecule has 0 aliphatic rings. The van der Waals surface area contributed by atoms with Crippen molar-refractivity contribution < 1.29 is 0 Å². The lowest BCUT2D eigenvalue weighted by Crippen LogP contribution is -1.94. The lowest BCUT2D eigenvalue weighted by atomic mass is 10.1. The number of rotatable bonds is 3. The van der Waals surface area contributed by atoms with Gasteiger partial charge >= 0.3 is 0 Å². The summed E-state index contributed by atoms with van der Waals surface area (Å²) in [7, 11) is 0. The highest BCUT2D eigenvalue weighted by Crippen LogP contribution is 2.16. The van der Waals surface area contributed by atoms with Crippen molar-refractivity contribution >= 4 is 64.2 Å². The first-order valence-corrected chi connectivity index (χ1v) is 5.50. The second kappa shape index (κ2) is 5.07. The van der Waals surface area contributed by atoms with Crippen molar-refractivity contribution in [3.05, 3.63) is 41.5 Å². The van der Waals surface area contributed by atoms with Crippen molar-refractivity contribution in [1.82, 2.24) is 0 Å². The van der Waals surface area contributed by atoms with Crippen molar-refractivity contribution in [2.45, 2.75) is 0 Å². The quantitative estimate of drug-likeness (QED) is 0.627. The van der Waals surface area contributed by atoms with Gasteiger partial charge in [-0.3, -0.25) is 0 Å². The van der Waals surface area contributed by atoms with E-state index in [0.717, 1.165) is 16.7 Å². The normalized spacial score (nSPS) is 9.57. The molecule has 0 saturated heterocycles. The molecule has 0 saturated carbocycles. The molecular weight excluding hydrogens is 248 g/mol. The molecule has 0 atom stereocenters. The largest absolute Gasteiger partial charge is 0.131 e. The molecule has 0 unspecified atom stereocenters. The van der Waals surface area contributed by atoms with Crippen LogP contribution in [-0.2, 0) is 0 Å². The van der Waals surface area contributed by atoms with Crippen molar-refractivity contribution in [3.8, 4) is 0 Å². The van der Waals surface area contributed by atoms with Crippen molar-refractivity contribution in [1.29, 1.82) is 0 Å². The van der Waals surface area contributed by atoms with E-state index >= 15 is 0 Å². The molecule has 0 aliphatic carbocycles.